The van der Waals surface area contributed by atoms with Crippen molar-refractivity contribution in [3.8, 4) is 20.9 Å². The van der Waals surface area contributed by atoms with Gasteiger partial charge in [0.2, 0.25) is 0 Å². The SMILES string of the molecule is [C-]#[N+]/C(=C\c1sc(-c2ccc(N(c3ccccc3)c3ccccc3)cc2)cc1C)C(=O)N(CC(=O)O)CC(=O)O.[C-]#[N+]/C(=C\c1sc(-c2ccc3c(c2)c2ccccc2n3CC)cc1C)C(=O)N(CCCCCCCCCCC(=O)O)CC(=O)O. The first-order chi connectivity index (χ1) is 41.0. The predicted molar refractivity (Wildman–Crippen MR) is 337 cm³/mol. The van der Waals surface area contributed by atoms with Crippen LogP contribution in [0.1, 0.15) is 85.6 Å². The molecule has 0 aliphatic heterocycles. The summed E-state index contributed by atoms with van der Waals surface area (Å²) in [6, 6.07) is 47.1. The number of hydrogen-bond donors (Lipinski definition) is 4. The van der Waals surface area contributed by atoms with Crippen molar-refractivity contribution >= 4 is 109 Å². The Bertz CT molecular complexity index is 3780. The zero-order valence-corrected chi connectivity index (χ0v) is 49.2. The number of amides is 2. The van der Waals surface area contributed by atoms with Crippen LogP contribution in [0.15, 0.2) is 151 Å². The third-order valence-electron chi connectivity index (χ3n) is 14.1. The van der Waals surface area contributed by atoms with Crippen molar-refractivity contribution in [2.24, 2.45) is 0 Å². The minimum atomic E-state index is -1.37. The molecule has 0 spiro atoms. The second-order valence-corrected chi connectivity index (χ2v) is 22.4. The number of para-hydroxylation sites is 3. The number of fused-ring (bicyclic) bond motifs is 3. The lowest BCUT2D eigenvalue weighted by Gasteiger charge is -2.25. The number of nitrogens with zero attached hydrogens (tertiary/aromatic N) is 6. The average molecular weight is 1180 g/mol. The normalized spacial score (nSPS) is 11.3. The Balaban J connectivity index is 0.000000245. The highest BCUT2D eigenvalue weighted by Crippen LogP contribution is 2.40. The van der Waals surface area contributed by atoms with Gasteiger partial charge < -0.3 is 39.7 Å². The van der Waals surface area contributed by atoms with Crippen molar-refractivity contribution in [1.82, 2.24) is 14.4 Å². The number of carbonyl (C=O) groups excluding carboxylic acids is 2. The molecule has 5 aromatic carbocycles. The third kappa shape index (κ3) is 17.0. The second-order valence-electron chi connectivity index (χ2n) is 20.2. The number of hydrogen-bond acceptors (Lipinski definition) is 9. The summed E-state index contributed by atoms with van der Waals surface area (Å²) < 4.78 is 2.31. The topological polar surface area (TPSA) is 207 Å². The molecule has 16 nitrogen and oxygen atoms in total. The summed E-state index contributed by atoms with van der Waals surface area (Å²) in [7, 11) is 0. The Kier molecular flexibility index (Phi) is 22.7. The predicted octanol–water partition coefficient (Wildman–Crippen LogP) is 15.1. The van der Waals surface area contributed by atoms with Crippen molar-refractivity contribution in [1.29, 1.82) is 0 Å². The lowest BCUT2D eigenvalue weighted by molar-refractivity contribution is -0.147. The van der Waals surface area contributed by atoms with E-state index in [0.717, 1.165) is 99.0 Å². The molecule has 0 saturated carbocycles. The summed E-state index contributed by atoms with van der Waals surface area (Å²) in [4.78, 5) is 84.8. The summed E-state index contributed by atoms with van der Waals surface area (Å²) >= 11 is 2.90. The fraction of sp³-hybridized carbons (Fsp3) is 0.254. The van der Waals surface area contributed by atoms with E-state index in [0.29, 0.717) is 22.6 Å². The van der Waals surface area contributed by atoms with Crippen LogP contribution in [0.5, 0.6) is 0 Å². The quantitative estimate of drug-likeness (QED) is 0.0216. The maximum Gasteiger partial charge on any atom is 0.323 e. The maximum atomic E-state index is 13.4. The Morgan fingerprint density at radius 3 is 1.44 bits per heavy atom. The van der Waals surface area contributed by atoms with Gasteiger partial charge in [-0.05, 0) is 135 Å². The van der Waals surface area contributed by atoms with E-state index in [1.54, 1.807) is 6.08 Å². The minimum Gasteiger partial charge on any atom is -0.481 e. The number of carbonyl (C=O) groups is 6. The molecule has 2 amide bonds. The first-order valence-electron chi connectivity index (χ1n) is 27.9. The number of anilines is 3. The van der Waals surface area contributed by atoms with Crippen LogP contribution in [0.4, 0.5) is 17.1 Å². The van der Waals surface area contributed by atoms with Gasteiger partial charge >= 0.3 is 23.9 Å². The smallest absolute Gasteiger partial charge is 0.323 e. The van der Waals surface area contributed by atoms with E-state index >= 15 is 0 Å². The number of benzene rings is 5. The van der Waals surface area contributed by atoms with Gasteiger partial charge in [-0.25, -0.2) is 9.69 Å². The van der Waals surface area contributed by atoms with Crippen molar-refractivity contribution < 1.29 is 49.2 Å². The zero-order chi connectivity index (χ0) is 61.0. The average Bonchev–Trinajstić information content (AvgIpc) is 3.03. The first-order valence-corrected chi connectivity index (χ1v) is 29.5. The summed E-state index contributed by atoms with van der Waals surface area (Å²) in [5, 5.41) is 38.7. The monoisotopic (exact) mass is 1180 g/mol. The maximum absolute atomic E-state index is 13.4. The number of aryl methyl sites for hydroxylation is 3. The molecule has 0 aliphatic rings. The van der Waals surface area contributed by atoms with Gasteiger partial charge in [-0.3, -0.25) is 28.8 Å². The number of unbranched alkanes of at least 4 members (excludes halogenated alkanes) is 7. The van der Waals surface area contributed by atoms with Gasteiger partial charge in [-0.2, -0.15) is 0 Å². The molecule has 0 atom stereocenters. The highest BCUT2D eigenvalue weighted by Gasteiger charge is 2.25. The van der Waals surface area contributed by atoms with Crippen molar-refractivity contribution in [2.45, 2.75) is 85.1 Å². The van der Waals surface area contributed by atoms with E-state index in [9.17, 15) is 33.9 Å². The fourth-order valence-electron chi connectivity index (χ4n) is 9.92. The molecular weight excluding hydrogens is 1110 g/mol. The van der Waals surface area contributed by atoms with Crippen LogP contribution < -0.4 is 4.90 Å². The van der Waals surface area contributed by atoms with Gasteiger partial charge in [0.15, 0.2) is 0 Å². The van der Waals surface area contributed by atoms with Gasteiger partial charge in [0.25, 0.3) is 23.2 Å². The van der Waals surface area contributed by atoms with Crippen molar-refractivity contribution in [3.05, 3.63) is 195 Å². The molecule has 0 bridgehead atoms. The van der Waals surface area contributed by atoms with Crippen molar-refractivity contribution in [2.75, 3.05) is 31.1 Å². The van der Waals surface area contributed by atoms with Gasteiger partial charge in [-0.15, -0.1) is 22.7 Å². The molecule has 0 fully saturated rings. The van der Waals surface area contributed by atoms with Crippen LogP contribution >= 0.6 is 22.7 Å². The van der Waals surface area contributed by atoms with E-state index in [1.807, 2.05) is 105 Å². The Morgan fingerprint density at radius 1 is 0.494 bits per heavy atom. The molecule has 0 saturated heterocycles. The molecule has 85 heavy (non-hydrogen) atoms. The van der Waals surface area contributed by atoms with Gasteiger partial charge in [0.1, 0.15) is 19.6 Å². The van der Waals surface area contributed by atoms with Crippen LogP contribution in [0.2, 0.25) is 0 Å². The van der Waals surface area contributed by atoms with E-state index in [-0.39, 0.29) is 24.4 Å². The molecule has 436 valence electrons. The number of carboxylic acid groups (broad SMARTS) is 4. The highest BCUT2D eigenvalue weighted by atomic mass is 32.1. The van der Waals surface area contributed by atoms with Gasteiger partial charge in [0.05, 0.1) is 13.1 Å². The molecule has 0 radical (unpaired) electrons. The Morgan fingerprint density at radius 2 is 0.929 bits per heavy atom. The van der Waals surface area contributed by atoms with Crippen molar-refractivity contribution in [3.63, 3.8) is 0 Å². The molecule has 18 heteroatoms. The lowest BCUT2D eigenvalue weighted by atomic mass is 10.1. The lowest BCUT2D eigenvalue weighted by Crippen LogP contribution is -2.39. The molecule has 3 aromatic heterocycles. The second kappa shape index (κ2) is 30.6. The molecule has 8 rings (SSSR count). The largest absolute Gasteiger partial charge is 0.481 e. The highest BCUT2D eigenvalue weighted by molar-refractivity contribution is 7.17. The number of aliphatic carboxylic acids is 4. The summed E-state index contributed by atoms with van der Waals surface area (Å²) in [6.45, 7) is 20.2. The Labute approximate surface area is 502 Å². The number of thiophene rings is 2. The summed E-state index contributed by atoms with van der Waals surface area (Å²) in [5.74, 6) is -6.10. The number of carboxylic acids is 4. The number of rotatable bonds is 27. The van der Waals surface area contributed by atoms with Crippen LogP contribution in [0.25, 0.3) is 64.5 Å². The molecule has 0 aliphatic carbocycles. The van der Waals surface area contributed by atoms with E-state index < -0.39 is 55.3 Å². The summed E-state index contributed by atoms with van der Waals surface area (Å²) in [5.41, 5.74) is 8.78. The van der Waals surface area contributed by atoms with Crippen LogP contribution in [0.3, 0.4) is 0 Å². The minimum absolute atomic E-state index is 0.0874. The van der Waals surface area contributed by atoms with E-state index in [1.165, 1.54) is 55.5 Å². The van der Waals surface area contributed by atoms with Gasteiger partial charge in [-0.1, -0.05) is 111 Å². The molecule has 3 heterocycles. The first kappa shape index (κ1) is 63.0. The standard InChI is InChI=1S/C36H41N3O5S.C31H25N3O5S/c1-4-39-30-16-13-12-15-27(30)28-22-26(18-19-31(28)39)33-21-25(2)32(45-33)23-29(37-3)36(44)38(24-35(42)43)20-14-10-8-6-5-7-9-11-17-34(40)41;1-21-17-28(40-27(21)18-26(32-2)31(39)33(19-29(35)36)20-30(37)38)22-13-15-25(16-14-22)34(23-9-5-3-6-10-23)24-11-7-4-8-12-24/h12-13,15-16,18-19,21-23H,4-11,14,17,20,24H2,1-2H3,(H,40,41)(H,42,43);3-18H,19-20H2,1H3,(H,35,36)(H,37,38)/b29-23-;26-18-. The molecule has 4 N–H and O–H groups in total. The molecular formula is C67H66N6O10S2. The van der Waals surface area contributed by atoms with E-state index in [4.69, 9.17) is 28.5 Å². The van der Waals surface area contributed by atoms with E-state index in [2.05, 4.69) is 74.6 Å². The summed E-state index contributed by atoms with van der Waals surface area (Å²) in [6.07, 6.45) is 10.3. The third-order valence-corrected chi connectivity index (χ3v) is 16.5. The molecule has 0 unspecified atom stereocenters. The van der Waals surface area contributed by atoms with Gasteiger partial charge in [0, 0.05) is 77.9 Å². The molecule has 8 aromatic rings. The van der Waals surface area contributed by atoms with Crippen LogP contribution in [-0.2, 0) is 35.3 Å². The van der Waals surface area contributed by atoms with Crippen LogP contribution in [-0.4, -0.2) is 96.7 Å². The number of aromatic nitrogens is 1. The fourth-order valence-corrected chi connectivity index (χ4v) is 12.1. The van der Waals surface area contributed by atoms with Crippen LogP contribution in [0, 0.1) is 27.0 Å². The Hall–Kier alpha value is -9.62. The zero-order valence-electron chi connectivity index (χ0n) is 47.6.